The van der Waals surface area contributed by atoms with Gasteiger partial charge in [-0.15, -0.1) is 0 Å². The second-order valence-corrected chi connectivity index (χ2v) is 5.75. The number of nitrogens with zero attached hydrogens (tertiary/aromatic N) is 1. The van der Waals surface area contributed by atoms with Crippen molar-refractivity contribution in [2.75, 3.05) is 4.72 Å². The first kappa shape index (κ1) is 14.4. The van der Waals surface area contributed by atoms with E-state index in [-0.39, 0.29) is 10.6 Å². The Balaban J connectivity index is 2.39. The molecule has 0 atom stereocenters. The average molecular weight is 305 g/mol. The highest BCUT2D eigenvalue weighted by Gasteiger charge is 2.31. The van der Waals surface area contributed by atoms with Crippen LogP contribution in [0.15, 0.2) is 35.5 Å². The van der Waals surface area contributed by atoms with Crippen molar-refractivity contribution in [1.82, 2.24) is 10.2 Å². The molecule has 108 valence electrons. The van der Waals surface area contributed by atoms with Crippen LogP contribution in [0.5, 0.6) is 0 Å². The number of hydrogen-bond acceptors (Lipinski definition) is 3. The van der Waals surface area contributed by atoms with E-state index in [0.29, 0.717) is 5.56 Å². The zero-order valence-corrected chi connectivity index (χ0v) is 11.0. The van der Waals surface area contributed by atoms with Crippen molar-refractivity contribution >= 4 is 15.7 Å². The molecule has 1 aromatic carbocycles. The number of anilines is 1. The minimum atomic E-state index is -4.54. The Kier molecular flexibility index (Phi) is 3.46. The summed E-state index contributed by atoms with van der Waals surface area (Å²) in [5.74, 6) is 0. The van der Waals surface area contributed by atoms with Gasteiger partial charge in [0, 0.05) is 6.20 Å². The third-order valence-corrected chi connectivity index (χ3v) is 3.93. The van der Waals surface area contributed by atoms with E-state index in [2.05, 4.69) is 14.9 Å². The Morgan fingerprint density at radius 2 is 2.00 bits per heavy atom. The summed E-state index contributed by atoms with van der Waals surface area (Å²) in [5.41, 5.74) is -0.668. The molecule has 0 aliphatic rings. The van der Waals surface area contributed by atoms with Crippen molar-refractivity contribution in [3.8, 4) is 0 Å². The molecule has 0 spiro atoms. The number of aryl methyl sites for hydroxylation is 1. The average Bonchev–Trinajstić information content (AvgIpc) is 2.84. The van der Waals surface area contributed by atoms with E-state index in [1.165, 1.54) is 13.0 Å². The Bertz CT molecular complexity index is 709. The SMILES string of the molecule is Cc1ccc(C(F)(F)F)cc1NS(=O)(=O)c1cn[nH]c1. The van der Waals surface area contributed by atoms with Crippen LogP contribution in [0, 0.1) is 6.92 Å². The van der Waals surface area contributed by atoms with Gasteiger partial charge in [0.25, 0.3) is 10.0 Å². The van der Waals surface area contributed by atoms with Crippen molar-refractivity contribution in [1.29, 1.82) is 0 Å². The predicted octanol–water partition coefficient (Wildman–Crippen LogP) is 2.54. The largest absolute Gasteiger partial charge is 0.416 e. The van der Waals surface area contributed by atoms with Gasteiger partial charge in [-0.3, -0.25) is 9.82 Å². The summed E-state index contributed by atoms with van der Waals surface area (Å²) in [6.07, 6.45) is -2.35. The van der Waals surface area contributed by atoms with Crippen molar-refractivity contribution in [2.45, 2.75) is 18.0 Å². The number of halogens is 3. The monoisotopic (exact) mass is 305 g/mol. The summed E-state index contributed by atoms with van der Waals surface area (Å²) in [6.45, 7) is 1.51. The third-order valence-electron chi connectivity index (χ3n) is 2.59. The number of hydrogen-bond donors (Lipinski definition) is 2. The van der Waals surface area contributed by atoms with Crippen LogP contribution < -0.4 is 4.72 Å². The second kappa shape index (κ2) is 4.82. The highest BCUT2D eigenvalue weighted by molar-refractivity contribution is 7.92. The summed E-state index contributed by atoms with van der Waals surface area (Å²) < 4.78 is 63.8. The van der Waals surface area contributed by atoms with E-state index >= 15 is 0 Å². The van der Waals surface area contributed by atoms with Gasteiger partial charge < -0.3 is 0 Å². The van der Waals surface area contributed by atoms with Gasteiger partial charge >= 0.3 is 6.18 Å². The molecular weight excluding hydrogens is 295 g/mol. The molecule has 2 N–H and O–H groups in total. The first-order chi connectivity index (χ1) is 9.20. The molecule has 5 nitrogen and oxygen atoms in total. The summed E-state index contributed by atoms with van der Waals surface area (Å²) in [5, 5.41) is 5.81. The van der Waals surface area contributed by atoms with E-state index in [4.69, 9.17) is 0 Å². The molecule has 0 unspecified atom stereocenters. The maximum atomic E-state index is 12.6. The van der Waals surface area contributed by atoms with E-state index in [1.54, 1.807) is 0 Å². The van der Waals surface area contributed by atoms with E-state index in [1.807, 2.05) is 0 Å². The highest BCUT2D eigenvalue weighted by Crippen LogP contribution is 2.32. The number of alkyl halides is 3. The normalized spacial score (nSPS) is 12.4. The molecular formula is C11H10F3N3O2S. The highest BCUT2D eigenvalue weighted by atomic mass is 32.2. The molecule has 1 heterocycles. The first-order valence-corrected chi connectivity index (χ1v) is 6.88. The molecule has 0 radical (unpaired) electrons. The van der Waals surface area contributed by atoms with Gasteiger partial charge in [0.1, 0.15) is 4.90 Å². The van der Waals surface area contributed by atoms with Crippen molar-refractivity contribution in [2.24, 2.45) is 0 Å². The van der Waals surface area contributed by atoms with Crippen LogP contribution in [0.3, 0.4) is 0 Å². The minimum Gasteiger partial charge on any atom is -0.284 e. The fraction of sp³-hybridized carbons (Fsp3) is 0.182. The van der Waals surface area contributed by atoms with Gasteiger partial charge in [-0.2, -0.15) is 18.3 Å². The molecule has 0 fully saturated rings. The smallest absolute Gasteiger partial charge is 0.284 e. The molecule has 2 rings (SSSR count). The molecule has 0 saturated heterocycles. The number of aromatic amines is 1. The molecule has 9 heteroatoms. The molecule has 1 aromatic heterocycles. The molecule has 0 bridgehead atoms. The van der Waals surface area contributed by atoms with Crippen molar-refractivity contribution in [3.63, 3.8) is 0 Å². The van der Waals surface area contributed by atoms with Gasteiger partial charge in [0.2, 0.25) is 0 Å². The van der Waals surface area contributed by atoms with Crippen LogP contribution in [0.2, 0.25) is 0 Å². The summed E-state index contributed by atoms with van der Waals surface area (Å²) in [6, 6.07) is 2.86. The number of rotatable bonds is 3. The maximum absolute atomic E-state index is 12.6. The van der Waals surface area contributed by atoms with Crippen LogP contribution in [0.4, 0.5) is 18.9 Å². The summed E-state index contributed by atoms with van der Waals surface area (Å²) in [7, 11) is -3.97. The van der Waals surface area contributed by atoms with Crippen LogP contribution >= 0.6 is 0 Å². The lowest BCUT2D eigenvalue weighted by molar-refractivity contribution is -0.137. The lowest BCUT2D eigenvalue weighted by atomic mass is 10.1. The lowest BCUT2D eigenvalue weighted by Gasteiger charge is -2.13. The number of benzene rings is 1. The number of sulfonamides is 1. The van der Waals surface area contributed by atoms with E-state index < -0.39 is 21.8 Å². The van der Waals surface area contributed by atoms with Gasteiger partial charge in [-0.1, -0.05) is 6.07 Å². The van der Waals surface area contributed by atoms with Gasteiger partial charge in [-0.25, -0.2) is 8.42 Å². The molecule has 0 aliphatic heterocycles. The van der Waals surface area contributed by atoms with Crippen LogP contribution in [-0.2, 0) is 16.2 Å². The Labute approximate surface area is 112 Å². The van der Waals surface area contributed by atoms with Crippen molar-refractivity contribution in [3.05, 3.63) is 41.7 Å². The van der Waals surface area contributed by atoms with E-state index in [0.717, 1.165) is 24.5 Å². The third kappa shape index (κ3) is 2.93. The number of aromatic nitrogens is 2. The van der Waals surface area contributed by atoms with Gasteiger partial charge in [-0.05, 0) is 24.6 Å². The standard InChI is InChI=1S/C11H10F3N3O2S/c1-7-2-3-8(11(12,13)14)4-10(7)17-20(18,19)9-5-15-16-6-9/h2-6,17H,1H3,(H,15,16). The maximum Gasteiger partial charge on any atom is 0.416 e. The molecule has 2 aromatic rings. The number of H-pyrrole nitrogens is 1. The summed E-state index contributed by atoms with van der Waals surface area (Å²) in [4.78, 5) is -0.158. The Morgan fingerprint density at radius 3 is 2.55 bits per heavy atom. The first-order valence-electron chi connectivity index (χ1n) is 5.39. The zero-order chi connectivity index (χ0) is 15.0. The quantitative estimate of drug-likeness (QED) is 0.915. The molecule has 0 aliphatic carbocycles. The summed E-state index contributed by atoms with van der Waals surface area (Å²) >= 11 is 0. The van der Waals surface area contributed by atoms with Gasteiger partial charge in [0.05, 0.1) is 17.4 Å². The number of nitrogens with one attached hydrogen (secondary N) is 2. The van der Waals surface area contributed by atoms with E-state index in [9.17, 15) is 21.6 Å². The fourth-order valence-corrected chi connectivity index (χ4v) is 2.52. The van der Waals surface area contributed by atoms with Crippen LogP contribution in [0.1, 0.15) is 11.1 Å². The van der Waals surface area contributed by atoms with Crippen molar-refractivity contribution < 1.29 is 21.6 Å². The molecule has 20 heavy (non-hydrogen) atoms. The van der Waals surface area contributed by atoms with Gasteiger partial charge in [0.15, 0.2) is 0 Å². The van der Waals surface area contributed by atoms with Crippen LogP contribution in [-0.4, -0.2) is 18.6 Å². The van der Waals surface area contributed by atoms with Crippen LogP contribution in [0.25, 0.3) is 0 Å². The second-order valence-electron chi connectivity index (χ2n) is 4.07. The minimum absolute atomic E-state index is 0.124. The molecule has 0 amide bonds. The fourth-order valence-electron chi connectivity index (χ4n) is 1.50. The Hall–Kier alpha value is -2.03. The lowest BCUT2D eigenvalue weighted by Crippen LogP contribution is -2.14. The molecule has 0 saturated carbocycles. The zero-order valence-electron chi connectivity index (χ0n) is 10.2. The Morgan fingerprint density at radius 1 is 1.30 bits per heavy atom. The predicted molar refractivity (Wildman–Crippen MR) is 65.6 cm³/mol. The topological polar surface area (TPSA) is 74.8 Å².